The maximum absolute atomic E-state index is 13.1. The molecule has 2 saturated heterocycles. The van der Waals surface area contributed by atoms with E-state index < -0.39 is 11.9 Å². The van der Waals surface area contributed by atoms with Gasteiger partial charge in [-0.15, -0.1) is 0 Å². The summed E-state index contributed by atoms with van der Waals surface area (Å²) in [6.45, 7) is 0.713. The molecule has 0 aromatic heterocycles. The van der Waals surface area contributed by atoms with Gasteiger partial charge in [0, 0.05) is 12.5 Å². The molecule has 3 atom stereocenters. The lowest BCUT2D eigenvalue weighted by molar-refractivity contribution is -0.105. The molecule has 3 aliphatic heterocycles. The standard InChI is InChI=1S/C21H20O6/c1-23-14-7-5-13(6-8-14)21-19(22)16-10-9-15(12-17(16)26-20(21)27-21)25-18-4-2-3-11-24-18/h5-10,12,18,20H,2-4,11H2,1H3/t18-,20+,21+/m1/s1. The van der Waals surface area contributed by atoms with Gasteiger partial charge in [-0.1, -0.05) is 12.1 Å². The van der Waals surface area contributed by atoms with Crippen LogP contribution in [0.25, 0.3) is 0 Å². The second-order valence-electron chi connectivity index (χ2n) is 6.93. The van der Waals surface area contributed by atoms with E-state index in [2.05, 4.69) is 0 Å². The maximum atomic E-state index is 13.1. The van der Waals surface area contributed by atoms with Crippen LogP contribution in [-0.4, -0.2) is 32.1 Å². The summed E-state index contributed by atoms with van der Waals surface area (Å²) in [5, 5.41) is 0. The SMILES string of the molecule is COc1ccc([C@@]23O[C@@H]2Oc2cc(O[C@@H]4CCCCO4)ccc2C3=O)cc1. The van der Waals surface area contributed by atoms with Crippen LogP contribution < -0.4 is 14.2 Å². The molecule has 6 heteroatoms. The summed E-state index contributed by atoms with van der Waals surface area (Å²) in [6.07, 6.45) is 2.15. The Morgan fingerprint density at radius 2 is 1.89 bits per heavy atom. The third-order valence-electron chi connectivity index (χ3n) is 5.26. The van der Waals surface area contributed by atoms with E-state index in [4.69, 9.17) is 23.7 Å². The first-order chi connectivity index (χ1) is 13.2. The number of methoxy groups -OCH3 is 1. The van der Waals surface area contributed by atoms with Gasteiger partial charge in [-0.25, -0.2) is 0 Å². The predicted octanol–water partition coefficient (Wildman–Crippen LogP) is 3.43. The maximum Gasteiger partial charge on any atom is 0.242 e. The normalized spacial score (nSPS) is 28.6. The highest BCUT2D eigenvalue weighted by Crippen LogP contribution is 2.54. The zero-order valence-corrected chi connectivity index (χ0v) is 15.0. The Labute approximate surface area is 156 Å². The molecule has 3 aliphatic rings. The number of hydrogen-bond donors (Lipinski definition) is 0. The summed E-state index contributed by atoms with van der Waals surface area (Å²) in [6, 6.07) is 12.6. The first-order valence-electron chi connectivity index (χ1n) is 9.17. The van der Waals surface area contributed by atoms with E-state index in [1.165, 1.54) is 0 Å². The Hall–Kier alpha value is -2.57. The van der Waals surface area contributed by atoms with E-state index in [9.17, 15) is 4.79 Å². The van der Waals surface area contributed by atoms with Crippen LogP contribution in [-0.2, 0) is 15.1 Å². The molecule has 0 saturated carbocycles. The summed E-state index contributed by atoms with van der Waals surface area (Å²) in [7, 11) is 1.60. The van der Waals surface area contributed by atoms with Crippen molar-refractivity contribution in [3.05, 3.63) is 53.6 Å². The van der Waals surface area contributed by atoms with Gasteiger partial charge in [0.2, 0.25) is 17.7 Å². The fourth-order valence-corrected chi connectivity index (χ4v) is 3.71. The molecule has 3 heterocycles. The van der Waals surface area contributed by atoms with Gasteiger partial charge in [-0.05, 0) is 42.7 Å². The monoisotopic (exact) mass is 368 g/mol. The van der Waals surface area contributed by atoms with Gasteiger partial charge in [-0.3, -0.25) is 4.79 Å². The lowest BCUT2D eigenvalue weighted by Crippen LogP contribution is -2.32. The Balaban J connectivity index is 1.40. The lowest BCUT2D eigenvalue weighted by atomic mass is 9.88. The number of epoxide rings is 1. The molecule has 27 heavy (non-hydrogen) atoms. The van der Waals surface area contributed by atoms with Gasteiger partial charge >= 0.3 is 0 Å². The number of benzene rings is 2. The quantitative estimate of drug-likeness (QED) is 0.771. The lowest BCUT2D eigenvalue weighted by Gasteiger charge is -2.25. The van der Waals surface area contributed by atoms with Gasteiger partial charge in [-0.2, -0.15) is 0 Å². The first kappa shape index (κ1) is 16.6. The van der Waals surface area contributed by atoms with Gasteiger partial charge in [0.15, 0.2) is 6.29 Å². The topological polar surface area (TPSA) is 66.5 Å². The second-order valence-corrected chi connectivity index (χ2v) is 6.93. The van der Waals surface area contributed by atoms with Crippen LogP contribution in [0.15, 0.2) is 42.5 Å². The van der Waals surface area contributed by atoms with Crippen LogP contribution in [0.4, 0.5) is 0 Å². The summed E-state index contributed by atoms with van der Waals surface area (Å²) in [5.74, 6) is 1.74. The van der Waals surface area contributed by atoms with Crippen LogP contribution in [0.3, 0.4) is 0 Å². The number of carbonyl (C=O) groups is 1. The van der Waals surface area contributed by atoms with Crippen molar-refractivity contribution in [3.8, 4) is 17.2 Å². The number of carbonyl (C=O) groups excluding carboxylic acids is 1. The second kappa shape index (κ2) is 6.25. The van der Waals surface area contributed by atoms with Crippen molar-refractivity contribution in [1.82, 2.24) is 0 Å². The summed E-state index contributed by atoms with van der Waals surface area (Å²) >= 11 is 0. The van der Waals surface area contributed by atoms with Crippen LogP contribution in [0.2, 0.25) is 0 Å². The minimum Gasteiger partial charge on any atom is -0.497 e. The molecular formula is C21H20O6. The number of hydrogen-bond acceptors (Lipinski definition) is 6. The molecule has 2 fully saturated rings. The highest BCUT2D eigenvalue weighted by molar-refractivity contribution is 6.08. The van der Waals surface area contributed by atoms with Gasteiger partial charge < -0.3 is 23.7 Å². The van der Waals surface area contributed by atoms with Gasteiger partial charge in [0.05, 0.1) is 19.3 Å². The molecule has 0 N–H and O–H groups in total. The van der Waals surface area contributed by atoms with E-state index in [0.29, 0.717) is 23.7 Å². The molecule has 5 rings (SSSR count). The van der Waals surface area contributed by atoms with E-state index in [0.717, 1.165) is 30.6 Å². The molecular weight excluding hydrogens is 348 g/mol. The fraction of sp³-hybridized carbons (Fsp3) is 0.381. The van der Waals surface area contributed by atoms with E-state index in [1.807, 2.05) is 24.3 Å². The summed E-state index contributed by atoms with van der Waals surface area (Å²) < 4.78 is 28.3. The molecule has 0 spiro atoms. The molecule has 2 aromatic rings. The summed E-state index contributed by atoms with van der Waals surface area (Å²) in [4.78, 5) is 13.1. The molecule has 2 aromatic carbocycles. The minimum atomic E-state index is -1.06. The average Bonchev–Trinajstić information content (AvgIpc) is 3.44. The highest BCUT2D eigenvalue weighted by atomic mass is 16.8. The van der Waals surface area contributed by atoms with E-state index in [-0.39, 0.29) is 12.1 Å². The van der Waals surface area contributed by atoms with Gasteiger partial charge in [0.25, 0.3) is 0 Å². The number of ether oxygens (including phenoxy) is 5. The molecule has 0 aliphatic carbocycles. The van der Waals surface area contributed by atoms with Gasteiger partial charge in [0.1, 0.15) is 17.2 Å². The van der Waals surface area contributed by atoms with Crippen molar-refractivity contribution in [2.75, 3.05) is 13.7 Å². The zero-order chi connectivity index (χ0) is 18.4. The Morgan fingerprint density at radius 3 is 2.63 bits per heavy atom. The first-order valence-corrected chi connectivity index (χ1v) is 9.17. The number of ketones is 1. The zero-order valence-electron chi connectivity index (χ0n) is 15.0. The number of Topliss-reactive ketones (excluding diaryl/α,β-unsaturated/α-hetero) is 1. The number of fused-ring (bicyclic) bond motifs is 2. The van der Waals surface area contributed by atoms with E-state index in [1.54, 1.807) is 25.3 Å². The van der Waals surface area contributed by atoms with Crippen molar-refractivity contribution in [1.29, 1.82) is 0 Å². The van der Waals surface area contributed by atoms with Crippen molar-refractivity contribution in [2.45, 2.75) is 37.4 Å². The Morgan fingerprint density at radius 1 is 1.07 bits per heavy atom. The highest BCUT2D eigenvalue weighted by Gasteiger charge is 2.69. The van der Waals surface area contributed by atoms with Crippen molar-refractivity contribution >= 4 is 5.78 Å². The third kappa shape index (κ3) is 2.67. The smallest absolute Gasteiger partial charge is 0.242 e. The van der Waals surface area contributed by atoms with Crippen LogP contribution in [0.1, 0.15) is 35.2 Å². The largest absolute Gasteiger partial charge is 0.497 e. The Bertz CT molecular complexity index is 871. The van der Waals surface area contributed by atoms with E-state index >= 15 is 0 Å². The van der Waals surface area contributed by atoms with Crippen molar-refractivity contribution in [3.63, 3.8) is 0 Å². The average molecular weight is 368 g/mol. The molecule has 0 bridgehead atoms. The van der Waals surface area contributed by atoms with Crippen LogP contribution >= 0.6 is 0 Å². The van der Waals surface area contributed by atoms with Crippen molar-refractivity contribution < 1.29 is 28.5 Å². The fourth-order valence-electron chi connectivity index (χ4n) is 3.71. The van der Waals surface area contributed by atoms with Crippen LogP contribution in [0.5, 0.6) is 17.2 Å². The molecule has 0 radical (unpaired) electrons. The summed E-state index contributed by atoms with van der Waals surface area (Å²) in [5.41, 5.74) is 0.199. The predicted molar refractivity (Wildman–Crippen MR) is 95.2 cm³/mol. The molecule has 140 valence electrons. The molecule has 6 nitrogen and oxygen atoms in total. The van der Waals surface area contributed by atoms with Crippen molar-refractivity contribution in [2.24, 2.45) is 0 Å². The molecule has 0 amide bonds. The minimum absolute atomic E-state index is 0.0978. The molecule has 0 unspecified atom stereocenters. The van der Waals surface area contributed by atoms with Crippen LogP contribution in [0, 0.1) is 0 Å². The number of rotatable bonds is 4. The third-order valence-corrected chi connectivity index (χ3v) is 5.26. The Kier molecular flexibility index (Phi) is 3.84.